The molecule has 178 valence electrons. The van der Waals surface area contributed by atoms with Crippen molar-refractivity contribution in [1.29, 1.82) is 0 Å². The molecule has 11 heteroatoms. The normalized spacial score (nSPS) is 10.5. The van der Waals surface area contributed by atoms with Gasteiger partial charge in [0.1, 0.15) is 17.2 Å². The Morgan fingerprint density at radius 2 is 1.77 bits per heavy atom. The molecule has 35 heavy (non-hydrogen) atoms. The highest BCUT2D eigenvalue weighted by Gasteiger charge is 2.15. The molecule has 1 N–H and O–H groups in total. The summed E-state index contributed by atoms with van der Waals surface area (Å²) in [5, 5.41) is 22.2. The number of nitrogens with one attached hydrogen (secondary N) is 1. The SMILES string of the molecule is CCOc1ccc(Oc2cc(NC(=O)CSc3nnc(-c4ccccc4)o3)cc([N+](=O)[O-])c2)cc1. The van der Waals surface area contributed by atoms with Crippen LogP contribution in [0.1, 0.15) is 6.92 Å². The summed E-state index contributed by atoms with van der Waals surface area (Å²) < 4.78 is 16.7. The summed E-state index contributed by atoms with van der Waals surface area (Å²) in [6.45, 7) is 2.42. The van der Waals surface area contributed by atoms with E-state index in [4.69, 9.17) is 13.9 Å². The van der Waals surface area contributed by atoms with Crippen LogP contribution >= 0.6 is 11.8 Å². The van der Waals surface area contributed by atoms with Gasteiger partial charge in [0.15, 0.2) is 0 Å². The van der Waals surface area contributed by atoms with Crippen LogP contribution in [0.25, 0.3) is 11.5 Å². The Kier molecular flexibility index (Phi) is 7.58. The lowest BCUT2D eigenvalue weighted by atomic mass is 10.2. The number of aromatic nitrogens is 2. The Bertz CT molecular complexity index is 1310. The maximum atomic E-state index is 12.5. The number of non-ortho nitro benzene ring substituents is 1. The quantitative estimate of drug-likeness (QED) is 0.172. The van der Waals surface area contributed by atoms with Crippen LogP contribution in [0.15, 0.2) is 82.4 Å². The molecule has 0 aliphatic rings. The van der Waals surface area contributed by atoms with Crippen molar-refractivity contribution in [2.75, 3.05) is 17.7 Å². The zero-order valence-corrected chi connectivity index (χ0v) is 19.4. The van der Waals surface area contributed by atoms with Crippen molar-refractivity contribution >= 4 is 29.0 Å². The molecule has 0 aliphatic heterocycles. The topological polar surface area (TPSA) is 130 Å². The molecule has 0 saturated heterocycles. The first-order chi connectivity index (χ1) is 17.0. The van der Waals surface area contributed by atoms with Crippen molar-refractivity contribution in [1.82, 2.24) is 10.2 Å². The van der Waals surface area contributed by atoms with Crippen LogP contribution in [-0.2, 0) is 4.79 Å². The fourth-order valence-electron chi connectivity index (χ4n) is 3.02. The highest BCUT2D eigenvalue weighted by molar-refractivity contribution is 7.99. The van der Waals surface area contributed by atoms with E-state index in [2.05, 4.69) is 15.5 Å². The van der Waals surface area contributed by atoms with Gasteiger partial charge in [0.05, 0.1) is 29.0 Å². The number of carbonyl (C=O) groups is 1. The maximum Gasteiger partial charge on any atom is 0.277 e. The second-order valence-corrected chi connectivity index (χ2v) is 7.98. The van der Waals surface area contributed by atoms with E-state index in [0.29, 0.717) is 24.0 Å². The minimum absolute atomic E-state index is 0.0335. The molecule has 0 unspecified atom stereocenters. The van der Waals surface area contributed by atoms with Crippen LogP contribution in [0.3, 0.4) is 0 Å². The summed E-state index contributed by atoms with van der Waals surface area (Å²) in [6, 6.07) is 20.1. The fraction of sp³-hybridized carbons (Fsp3) is 0.125. The molecule has 1 amide bonds. The molecule has 0 atom stereocenters. The first kappa shape index (κ1) is 23.8. The number of hydrogen-bond acceptors (Lipinski definition) is 9. The monoisotopic (exact) mass is 492 g/mol. The molecule has 0 saturated carbocycles. The molecule has 0 bridgehead atoms. The minimum atomic E-state index is -0.557. The Morgan fingerprint density at radius 1 is 1.03 bits per heavy atom. The number of thioether (sulfide) groups is 1. The molecule has 0 spiro atoms. The maximum absolute atomic E-state index is 12.5. The molecular weight excluding hydrogens is 472 g/mol. The van der Waals surface area contributed by atoms with Gasteiger partial charge in [0, 0.05) is 17.7 Å². The van der Waals surface area contributed by atoms with Crippen LogP contribution in [0.4, 0.5) is 11.4 Å². The van der Waals surface area contributed by atoms with E-state index in [0.717, 1.165) is 17.3 Å². The van der Waals surface area contributed by atoms with Gasteiger partial charge in [-0.1, -0.05) is 30.0 Å². The van der Waals surface area contributed by atoms with Gasteiger partial charge in [0.25, 0.3) is 10.9 Å². The molecule has 10 nitrogen and oxygen atoms in total. The van der Waals surface area contributed by atoms with Crippen LogP contribution in [0.5, 0.6) is 17.2 Å². The van der Waals surface area contributed by atoms with Gasteiger partial charge in [-0.05, 0) is 43.3 Å². The minimum Gasteiger partial charge on any atom is -0.494 e. The molecule has 4 aromatic rings. The Labute approximate surface area is 204 Å². The van der Waals surface area contributed by atoms with Gasteiger partial charge in [-0.3, -0.25) is 14.9 Å². The first-order valence-electron chi connectivity index (χ1n) is 10.5. The second-order valence-electron chi connectivity index (χ2n) is 7.06. The zero-order chi connectivity index (χ0) is 24.6. The third-order valence-corrected chi connectivity index (χ3v) is 5.33. The molecule has 0 fully saturated rings. The average Bonchev–Trinajstić information content (AvgIpc) is 3.34. The number of anilines is 1. The molecule has 1 heterocycles. The van der Waals surface area contributed by atoms with Crippen LogP contribution in [-0.4, -0.2) is 33.4 Å². The predicted molar refractivity (Wildman–Crippen MR) is 130 cm³/mol. The third-order valence-electron chi connectivity index (χ3n) is 4.51. The van der Waals surface area contributed by atoms with Crippen molar-refractivity contribution < 1.29 is 23.6 Å². The van der Waals surface area contributed by atoms with Crippen molar-refractivity contribution in [3.63, 3.8) is 0 Å². The third kappa shape index (κ3) is 6.58. The number of rotatable bonds is 10. The standard InChI is InChI=1S/C24H20N4O6S/c1-2-32-19-8-10-20(11-9-19)33-21-13-17(12-18(14-21)28(30)31)25-22(29)15-35-24-27-26-23(34-24)16-6-4-3-5-7-16/h3-14H,2,15H2,1H3,(H,25,29). The van der Waals surface area contributed by atoms with Gasteiger partial charge in [0.2, 0.25) is 11.8 Å². The molecular formula is C24H20N4O6S. The largest absolute Gasteiger partial charge is 0.494 e. The van der Waals surface area contributed by atoms with E-state index in [1.54, 1.807) is 24.3 Å². The predicted octanol–water partition coefficient (Wildman–Crippen LogP) is 5.57. The lowest BCUT2D eigenvalue weighted by Gasteiger charge is -2.10. The fourth-order valence-corrected chi connectivity index (χ4v) is 3.58. The molecule has 4 rings (SSSR count). The number of ether oxygens (including phenoxy) is 2. The number of benzene rings is 3. The number of carbonyl (C=O) groups excluding carboxylic acids is 1. The molecule has 0 aliphatic carbocycles. The summed E-state index contributed by atoms with van der Waals surface area (Å²) in [5.74, 6) is 1.27. The second kappa shape index (κ2) is 11.2. The Balaban J connectivity index is 1.40. The van der Waals surface area contributed by atoms with Crippen LogP contribution in [0.2, 0.25) is 0 Å². The molecule has 0 radical (unpaired) electrons. The summed E-state index contributed by atoms with van der Waals surface area (Å²) in [4.78, 5) is 23.3. The Morgan fingerprint density at radius 3 is 2.49 bits per heavy atom. The van der Waals surface area contributed by atoms with Crippen LogP contribution in [0, 0.1) is 10.1 Å². The summed E-state index contributed by atoms with van der Waals surface area (Å²) in [6.07, 6.45) is 0. The van der Waals surface area contributed by atoms with Gasteiger partial charge in [-0.15, -0.1) is 10.2 Å². The van der Waals surface area contributed by atoms with E-state index in [9.17, 15) is 14.9 Å². The van der Waals surface area contributed by atoms with Crippen molar-refractivity contribution in [2.24, 2.45) is 0 Å². The van der Waals surface area contributed by atoms with Crippen molar-refractivity contribution in [2.45, 2.75) is 12.1 Å². The zero-order valence-electron chi connectivity index (χ0n) is 18.5. The number of hydrogen-bond donors (Lipinski definition) is 1. The van der Waals surface area contributed by atoms with E-state index < -0.39 is 10.8 Å². The van der Waals surface area contributed by atoms with Crippen LogP contribution < -0.4 is 14.8 Å². The van der Waals surface area contributed by atoms with Gasteiger partial charge in [-0.25, -0.2) is 0 Å². The lowest BCUT2D eigenvalue weighted by molar-refractivity contribution is -0.384. The Hall–Kier alpha value is -4.38. The summed E-state index contributed by atoms with van der Waals surface area (Å²) >= 11 is 1.06. The van der Waals surface area contributed by atoms with Crippen molar-refractivity contribution in [3.8, 4) is 28.7 Å². The van der Waals surface area contributed by atoms with E-state index in [1.807, 2.05) is 37.3 Å². The van der Waals surface area contributed by atoms with E-state index in [-0.39, 0.29) is 28.1 Å². The highest BCUT2D eigenvalue weighted by atomic mass is 32.2. The highest BCUT2D eigenvalue weighted by Crippen LogP contribution is 2.31. The number of nitro benzene ring substituents is 1. The van der Waals surface area contributed by atoms with E-state index in [1.165, 1.54) is 18.2 Å². The summed E-state index contributed by atoms with van der Waals surface area (Å²) in [7, 11) is 0. The smallest absolute Gasteiger partial charge is 0.277 e. The van der Waals surface area contributed by atoms with Crippen molar-refractivity contribution in [3.05, 3.63) is 82.9 Å². The molecule has 3 aromatic carbocycles. The first-order valence-corrected chi connectivity index (χ1v) is 11.5. The number of nitro groups is 1. The number of amides is 1. The van der Waals surface area contributed by atoms with Gasteiger partial charge in [-0.2, -0.15) is 0 Å². The number of nitrogens with zero attached hydrogens (tertiary/aromatic N) is 3. The van der Waals surface area contributed by atoms with Gasteiger partial charge >= 0.3 is 0 Å². The van der Waals surface area contributed by atoms with Gasteiger partial charge < -0.3 is 19.2 Å². The van der Waals surface area contributed by atoms with E-state index >= 15 is 0 Å². The summed E-state index contributed by atoms with van der Waals surface area (Å²) in [5.41, 5.74) is 0.773. The lowest BCUT2D eigenvalue weighted by Crippen LogP contribution is -2.14. The average molecular weight is 493 g/mol. The molecule has 1 aromatic heterocycles.